The number of benzene rings is 1. The maximum Gasteiger partial charge on any atom is 0.194 e. The molecule has 0 spiro atoms. The van der Waals surface area contributed by atoms with Crippen molar-refractivity contribution >= 4 is 5.96 Å². The van der Waals surface area contributed by atoms with E-state index in [1.807, 2.05) is 18.5 Å². The van der Waals surface area contributed by atoms with Gasteiger partial charge in [0.25, 0.3) is 0 Å². The van der Waals surface area contributed by atoms with E-state index in [-0.39, 0.29) is 0 Å². The summed E-state index contributed by atoms with van der Waals surface area (Å²) in [5.74, 6) is 2.72. The van der Waals surface area contributed by atoms with Crippen LogP contribution in [0.5, 0.6) is 0 Å². The molecule has 2 heterocycles. The molecule has 0 aliphatic carbocycles. The molecule has 6 heteroatoms. The molecule has 0 radical (unpaired) electrons. The first-order valence-corrected chi connectivity index (χ1v) is 10.4. The lowest BCUT2D eigenvalue weighted by Gasteiger charge is -2.37. The molecule has 1 aliphatic heterocycles. The van der Waals surface area contributed by atoms with Crippen LogP contribution >= 0.6 is 0 Å². The van der Waals surface area contributed by atoms with E-state index in [1.165, 1.54) is 12.1 Å². The SMILES string of the molecule is CCNC(=NCc1nccn1Cc1ccccc1)N1CCN(CC(C)C)CC1. The van der Waals surface area contributed by atoms with Gasteiger partial charge in [-0.2, -0.15) is 0 Å². The van der Waals surface area contributed by atoms with Gasteiger partial charge in [-0.15, -0.1) is 0 Å². The maximum absolute atomic E-state index is 4.90. The number of hydrogen-bond acceptors (Lipinski definition) is 3. The molecular formula is C22H34N6. The fourth-order valence-corrected chi connectivity index (χ4v) is 3.65. The van der Waals surface area contributed by atoms with Crippen molar-refractivity contribution in [2.24, 2.45) is 10.9 Å². The number of guanidine groups is 1. The van der Waals surface area contributed by atoms with E-state index in [0.29, 0.717) is 6.54 Å². The van der Waals surface area contributed by atoms with Crippen LogP contribution in [0.25, 0.3) is 0 Å². The molecule has 0 bridgehead atoms. The zero-order valence-corrected chi connectivity index (χ0v) is 17.5. The molecular weight excluding hydrogens is 348 g/mol. The topological polar surface area (TPSA) is 48.7 Å². The van der Waals surface area contributed by atoms with E-state index >= 15 is 0 Å². The van der Waals surface area contributed by atoms with E-state index in [1.54, 1.807) is 0 Å². The van der Waals surface area contributed by atoms with Gasteiger partial charge in [-0.05, 0) is 18.4 Å². The Bertz CT molecular complexity index is 728. The summed E-state index contributed by atoms with van der Waals surface area (Å²) in [6.45, 7) is 14.4. The summed E-state index contributed by atoms with van der Waals surface area (Å²) >= 11 is 0. The second-order valence-corrected chi connectivity index (χ2v) is 7.81. The van der Waals surface area contributed by atoms with Crippen molar-refractivity contribution in [3.8, 4) is 0 Å². The summed E-state index contributed by atoms with van der Waals surface area (Å²) in [6.07, 6.45) is 3.90. The van der Waals surface area contributed by atoms with Crippen LogP contribution in [0.15, 0.2) is 47.7 Å². The molecule has 1 aliphatic rings. The van der Waals surface area contributed by atoms with Crippen molar-refractivity contribution in [2.45, 2.75) is 33.9 Å². The van der Waals surface area contributed by atoms with Gasteiger partial charge in [-0.3, -0.25) is 4.90 Å². The first-order valence-electron chi connectivity index (χ1n) is 10.4. The molecule has 1 aromatic carbocycles. The summed E-state index contributed by atoms with van der Waals surface area (Å²) in [5.41, 5.74) is 1.28. The van der Waals surface area contributed by atoms with Gasteiger partial charge in [0.05, 0.1) is 0 Å². The molecule has 0 saturated carbocycles. The summed E-state index contributed by atoms with van der Waals surface area (Å²) in [4.78, 5) is 14.4. The van der Waals surface area contributed by atoms with E-state index in [9.17, 15) is 0 Å². The second-order valence-electron chi connectivity index (χ2n) is 7.81. The monoisotopic (exact) mass is 382 g/mol. The minimum atomic E-state index is 0.592. The third-order valence-corrected chi connectivity index (χ3v) is 5.00. The van der Waals surface area contributed by atoms with E-state index in [4.69, 9.17) is 4.99 Å². The summed E-state index contributed by atoms with van der Waals surface area (Å²) < 4.78 is 2.18. The van der Waals surface area contributed by atoms with Crippen LogP contribution in [0, 0.1) is 5.92 Å². The highest BCUT2D eigenvalue weighted by Gasteiger charge is 2.20. The van der Waals surface area contributed by atoms with Gasteiger partial charge in [0, 0.05) is 58.2 Å². The van der Waals surface area contributed by atoms with Crippen LogP contribution in [-0.4, -0.2) is 64.6 Å². The Balaban J connectivity index is 1.62. The maximum atomic E-state index is 4.90. The molecule has 0 atom stereocenters. The van der Waals surface area contributed by atoms with Gasteiger partial charge in [0.15, 0.2) is 5.96 Å². The van der Waals surface area contributed by atoms with Gasteiger partial charge in [-0.1, -0.05) is 44.2 Å². The van der Waals surface area contributed by atoms with Crippen LogP contribution in [0.1, 0.15) is 32.2 Å². The molecule has 0 unspecified atom stereocenters. The third-order valence-electron chi connectivity index (χ3n) is 5.00. The van der Waals surface area contributed by atoms with Crippen molar-refractivity contribution in [1.29, 1.82) is 0 Å². The number of imidazole rings is 1. The number of nitrogens with zero attached hydrogens (tertiary/aromatic N) is 5. The molecule has 1 aromatic heterocycles. The smallest absolute Gasteiger partial charge is 0.194 e. The van der Waals surface area contributed by atoms with Crippen LogP contribution in [0.4, 0.5) is 0 Å². The minimum absolute atomic E-state index is 0.592. The first-order chi connectivity index (χ1) is 13.7. The normalized spacial score (nSPS) is 16.0. The Morgan fingerprint density at radius 3 is 2.57 bits per heavy atom. The Labute approximate surface area is 169 Å². The van der Waals surface area contributed by atoms with Crippen LogP contribution in [0.3, 0.4) is 0 Å². The fourth-order valence-electron chi connectivity index (χ4n) is 3.65. The van der Waals surface area contributed by atoms with Gasteiger partial charge < -0.3 is 14.8 Å². The highest BCUT2D eigenvalue weighted by Crippen LogP contribution is 2.09. The molecule has 6 nitrogen and oxygen atoms in total. The Kier molecular flexibility index (Phi) is 7.48. The van der Waals surface area contributed by atoms with Gasteiger partial charge in [0.1, 0.15) is 12.4 Å². The van der Waals surface area contributed by atoms with E-state index in [0.717, 1.165) is 57.0 Å². The van der Waals surface area contributed by atoms with Gasteiger partial charge in [0.2, 0.25) is 0 Å². The average Bonchev–Trinajstić information content (AvgIpc) is 3.13. The Hall–Kier alpha value is -2.34. The zero-order valence-electron chi connectivity index (χ0n) is 17.5. The van der Waals surface area contributed by atoms with Crippen LogP contribution < -0.4 is 5.32 Å². The van der Waals surface area contributed by atoms with Crippen molar-refractivity contribution < 1.29 is 0 Å². The number of nitrogens with one attached hydrogen (secondary N) is 1. The highest BCUT2D eigenvalue weighted by atomic mass is 15.3. The van der Waals surface area contributed by atoms with Crippen molar-refractivity contribution in [1.82, 2.24) is 24.7 Å². The quantitative estimate of drug-likeness (QED) is 0.591. The number of aromatic nitrogens is 2. The average molecular weight is 383 g/mol. The molecule has 152 valence electrons. The summed E-state index contributed by atoms with van der Waals surface area (Å²) in [7, 11) is 0. The van der Waals surface area contributed by atoms with Crippen molar-refractivity contribution in [3.63, 3.8) is 0 Å². The number of aliphatic imine (C=N–C) groups is 1. The molecule has 0 amide bonds. The predicted molar refractivity (Wildman–Crippen MR) is 115 cm³/mol. The minimum Gasteiger partial charge on any atom is -0.357 e. The summed E-state index contributed by atoms with van der Waals surface area (Å²) in [5, 5.41) is 3.46. The van der Waals surface area contributed by atoms with Crippen LogP contribution in [0.2, 0.25) is 0 Å². The highest BCUT2D eigenvalue weighted by molar-refractivity contribution is 5.80. The fraction of sp³-hybridized carbons (Fsp3) is 0.545. The molecule has 28 heavy (non-hydrogen) atoms. The third kappa shape index (κ3) is 5.83. The van der Waals surface area contributed by atoms with Gasteiger partial charge in [-0.25, -0.2) is 9.98 Å². The summed E-state index contributed by atoms with van der Waals surface area (Å²) in [6, 6.07) is 10.5. The molecule has 1 fully saturated rings. The standard InChI is InChI=1S/C22H34N6/c1-4-23-22(27-14-12-26(13-15-27)17-19(2)3)25-16-21-24-10-11-28(21)18-20-8-6-5-7-9-20/h5-11,19H,4,12-18H2,1-3H3,(H,23,25). The van der Waals surface area contributed by atoms with Gasteiger partial charge >= 0.3 is 0 Å². The number of hydrogen-bond donors (Lipinski definition) is 1. The first kappa shape index (κ1) is 20.4. The predicted octanol–water partition coefficient (Wildman–Crippen LogP) is 2.67. The van der Waals surface area contributed by atoms with E-state index in [2.05, 4.69) is 69.7 Å². The molecule has 1 N–H and O–H groups in total. The zero-order chi connectivity index (χ0) is 19.8. The second kappa shape index (κ2) is 10.3. The van der Waals surface area contributed by atoms with Crippen LogP contribution in [-0.2, 0) is 13.1 Å². The Morgan fingerprint density at radius 1 is 1.14 bits per heavy atom. The number of piperazine rings is 1. The lowest BCUT2D eigenvalue weighted by atomic mass is 10.2. The molecule has 3 rings (SSSR count). The lowest BCUT2D eigenvalue weighted by Crippen LogP contribution is -2.53. The number of rotatable bonds is 7. The van der Waals surface area contributed by atoms with E-state index < -0.39 is 0 Å². The largest absolute Gasteiger partial charge is 0.357 e. The lowest BCUT2D eigenvalue weighted by molar-refractivity contribution is 0.164. The molecule has 1 saturated heterocycles. The Morgan fingerprint density at radius 2 is 1.89 bits per heavy atom. The van der Waals surface area contributed by atoms with Crippen molar-refractivity contribution in [3.05, 3.63) is 54.1 Å². The molecule has 2 aromatic rings. The van der Waals surface area contributed by atoms with Crippen molar-refractivity contribution in [2.75, 3.05) is 39.3 Å².